The molecule has 4 atom stereocenters. The molecule has 2 heterocycles. The van der Waals surface area contributed by atoms with E-state index in [1.54, 1.807) is 24.3 Å². The maximum absolute atomic E-state index is 12.4. The number of benzene rings is 1. The molecule has 1 amide bonds. The van der Waals surface area contributed by atoms with Gasteiger partial charge in [0.15, 0.2) is 0 Å². The predicted octanol–water partition coefficient (Wildman–Crippen LogP) is 2.16. The number of amides is 1. The van der Waals surface area contributed by atoms with Gasteiger partial charge in [-0.25, -0.2) is 0 Å². The van der Waals surface area contributed by atoms with E-state index in [4.69, 9.17) is 16.3 Å². The first kappa shape index (κ1) is 13.4. The summed E-state index contributed by atoms with van der Waals surface area (Å²) in [6.45, 7) is 0. The van der Waals surface area contributed by atoms with Crippen molar-refractivity contribution in [3.8, 4) is 0 Å². The van der Waals surface area contributed by atoms with Crippen molar-refractivity contribution in [1.29, 1.82) is 0 Å². The summed E-state index contributed by atoms with van der Waals surface area (Å²) in [5.74, 6) is -2.73. The molecule has 2 aliphatic rings. The Morgan fingerprint density at radius 3 is 2.50 bits per heavy atom. The zero-order valence-corrected chi connectivity index (χ0v) is 11.3. The first-order valence-corrected chi connectivity index (χ1v) is 6.89. The van der Waals surface area contributed by atoms with Crippen LogP contribution < -0.4 is 5.32 Å². The number of carbonyl (C=O) groups excluding carboxylic acids is 1. The lowest BCUT2D eigenvalue weighted by Gasteiger charge is -2.24. The second-order valence-electron chi connectivity index (χ2n) is 5.15. The highest BCUT2D eigenvalue weighted by Gasteiger charge is 2.55. The second kappa shape index (κ2) is 5.07. The Balaban J connectivity index is 1.80. The van der Waals surface area contributed by atoms with Crippen LogP contribution in [-0.2, 0) is 14.3 Å². The standard InChI is InChI=1S/C14H14ClNO4/c15-7-3-1-2-4-8(7)16-13(17)11-9-5-6-10(20-9)12(11)14(18)19/h1-4,9-12H,5-6H2,(H,16,17)(H,18,19)/t9-,10-,11?,12?/m1/s1. The van der Waals surface area contributed by atoms with E-state index in [-0.39, 0.29) is 18.1 Å². The minimum Gasteiger partial charge on any atom is -0.481 e. The fraction of sp³-hybridized carbons (Fsp3) is 0.429. The van der Waals surface area contributed by atoms with Gasteiger partial charge in [0, 0.05) is 0 Å². The number of hydrogen-bond acceptors (Lipinski definition) is 3. The molecule has 3 rings (SSSR count). The van der Waals surface area contributed by atoms with Crippen molar-refractivity contribution in [2.24, 2.45) is 11.8 Å². The van der Waals surface area contributed by atoms with Crippen LogP contribution in [0.3, 0.4) is 0 Å². The number of fused-ring (bicyclic) bond motifs is 2. The second-order valence-corrected chi connectivity index (χ2v) is 5.56. The topological polar surface area (TPSA) is 75.6 Å². The highest BCUT2D eigenvalue weighted by molar-refractivity contribution is 6.33. The zero-order chi connectivity index (χ0) is 14.3. The van der Waals surface area contributed by atoms with Crippen LogP contribution in [0.2, 0.25) is 5.02 Å². The minimum absolute atomic E-state index is 0.302. The number of ether oxygens (including phenoxy) is 1. The van der Waals surface area contributed by atoms with E-state index in [2.05, 4.69) is 5.32 Å². The highest BCUT2D eigenvalue weighted by atomic mass is 35.5. The number of carbonyl (C=O) groups is 2. The number of nitrogens with one attached hydrogen (secondary N) is 1. The Bertz CT molecular complexity index is 562. The molecule has 0 spiro atoms. The number of para-hydroxylation sites is 1. The van der Waals surface area contributed by atoms with Crippen LogP contribution in [0, 0.1) is 11.8 Å². The molecule has 5 nitrogen and oxygen atoms in total. The van der Waals surface area contributed by atoms with E-state index in [0.29, 0.717) is 17.1 Å². The third kappa shape index (κ3) is 2.17. The maximum atomic E-state index is 12.4. The van der Waals surface area contributed by atoms with Crippen LogP contribution in [0.4, 0.5) is 5.69 Å². The van der Waals surface area contributed by atoms with E-state index in [0.717, 1.165) is 6.42 Å². The molecule has 1 aromatic rings. The fourth-order valence-electron chi connectivity index (χ4n) is 3.10. The number of anilines is 1. The number of rotatable bonds is 3. The van der Waals surface area contributed by atoms with Crippen molar-refractivity contribution in [2.45, 2.75) is 25.0 Å². The summed E-state index contributed by atoms with van der Waals surface area (Å²) in [6.07, 6.45) is 0.787. The average molecular weight is 296 g/mol. The lowest BCUT2D eigenvalue weighted by Crippen LogP contribution is -2.40. The first-order chi connectivity index (χ1) is 9.58. The van der Waals surface area contributed by atoms with E-state index in [1.165, 1.54) is 0 Å². The van der Waals surface area contributed by atoms with Gasteiger partial charge in [-0.05, 0) is 25.0 Å². The molecule has 20 heavy (non-hydrogen) atoms. The molecule has 0 radical (unpaired) electrons. The monoisotopic (exact) mass is 295 g/mol. The van der Waals surface area contributed by atoms with Crippen LogP contribution in [0.25, 0.3) is 0 Å². The Morgan fingerprint density at radius 1 is 1.20 bits per heavy atom. The van der Waals surface area contributed by atoms with Gasteiger partial charge in [0.25, 0.3) is 0 Å². The SMILES string of the molecule is O=C(O)C1C(C(=O)Nc2ccccc2Cl)[C@H]2CC[C@H]1O2. The van der Waals surface area contributed by atoms with E-state index < -0.39 is 17.8 Å². The van der Waals surface area contributed by atoms with E-state index in [9.17, 15) is 14.7 Å². The molecule has 2 N–H and O–H groups in total. The van der Waals surface area contributed by atoms with Gasteiger partial charge in [0.2, 0.25) is 5.91 Å². The third-order valence-corrected chi connectivity index (χ3v) is 4.32. The lowest BCUT2D eigenvalue weighted by atomic mass is 9.78. The van der Waals surface area contributed by atoms with Crippen molar-refractivity contribution < 1.29 is 19.4 Å². The van der Waals surface area contributed by atoms with Gasteiger partial charge in [-0.2, -0.15) is 0 Å². The van der Waals surface area contributed by atoms with Gasteiger partial charge in [0.1, 0.15) is 0 Å². The predicted molar refractivity (Wildman–Crippen MR) is 72.6 cm³/mol. The van der Waals surface area contributed by atoms with E-state index >= 15 is 0 Å². The van der Waals surface area contributed by atoms with Crippen molar-refractivity contribution in [3.05, 3.63) is 29.3 Å². The van der Waals surface area contributed by atoms with E-state index in [1.807, 2.05) is 0 Å². The van der Waals surface area contributed by atoms with Gasteiger partial charge >= 0.3 is 5.97 Å². The molecular formula is C14H14ClNO4. The summed E-state index contributed by atoms with van der Waals surface area (Å²) in [6, 6.07) is 6.87. The quantitative estimate of drug-likeness (QED) is 0.896. The number of hydrogen-bond donors (Lipinski definition) is 2. The summed E-state index contributed by atoms with van der Waals surface area (Å²) in [5, 5.41) is 12.4. The number of carboxylic acids is 1. The first-order valence-electron chi connectivity index (χ1n) is 6.51. The summed E-state index contributed by atoms with van der Waals surface area (Å²) >= 11 is 5.99. The maximum Gasteiger partial charge on any atom is 0.310 e. The lowest BCUT2D eigenvalue weighted by molar-refractivity contribution is -0.147. The Kier molecular flexibility index (Phi) is 3.40. The molecule has 6 heteroatoms. The largest absolute Gasteiger partial charge is 0.481 e. The van der Waals surface area contributed by atoms with Gasteiger partial charge in [-0.15, -0.1) is 0 Å². The molecular weight excluding hydrogens is 282 g/mol. The van der Waals surface area contributed by atoms with Gasteiger partial charge in [-0.3, -0.25) is 9.59 Å². The highest BCUT2D eigenvalue weighted by Crippen LogP contribution is 2.44. The molecule has 0 aliphatic carbocycles. The zero-order valence-electron chi connectivity index (χ0n) is 10.6. The van der Waals surface area contributed by atoms with Crippen LogP contribution in [-0.4, -0.2) is 29.2 Å². The number of halogens is 1. The van der Waals surface area contributed by atoms with Crippen molar-refractivity contribution >= 4 is 29.2 Å². The molecule has 2 fully saturated rings. The van der Waals surface area contributed by atoms with Crippen molar-refractivity contribution in [3.63, 3.8) is 0 Å². The summed E-state index contributed by atoms with van der Waals surface area (Å²) in [4.78, 5) is 23.7. The molecule has 0 saturated carbocycles. The molecule has 1 aromatic carbocycles. The van der Waals surface area contributed by atoms with Crippen LogP contribution in [0.15, 0.2) is 24.3 Å². The molecule has 2 saturated heterocycles. The van der Waals surface area contributed by atoms with Gasteiger partial charge < -0.3 is 15.2 Å². The van der Waals surface area contributed by atoms with Crippen molar-refractivity contribution in [1.82, 2.24) is 0 Å². The summed E-state index contributed by atoms with van der Waals surface area (Å²) in [7, 11) is 0. The van der Waals surface area contributed by atoms with Crippen LogP contribution in [0.5, 0.6) is 0 Å². The molecule has 106 valence electrons. The molecule has 2 unspecified atom stereocenters. The summed E-state index contributed by atoms with van der Waals surface area (Å²) < 4.78 is 5.57. The molecule has 2 bridgehead atoms. The molecule has 0 aromatic heterocycles. The normalized spacial score (nSPS) is 31.2. The minimum atomic E-state index is -0.975. The van der Waals surface area contributed by atoms with Crippen LogP contribution >= 0.6 is 11.6 Å². The Hall–Kier alpha value is -1.59. The number of aliphatic carboxylic acids is 1. The Labute approximate surface area is 120 Å². The summed E-state index contributed by atoms with van der Waals surface area (Å²) in [5.41, 5.74) is 0.492. The Morgan fingerprint density at radius 2 is 1.85 bits per heavy atom. The van der Waals surface area contributed by atoms with Gasteiger partial charge in [-0.1, -0.05) is 23.7 Å². The van der Waals surface area contributed by atoms with Crippen molar-refractivity contribution in [2.75, 3.05) is 5.32 Å². The number of carboxylic acid groups (broad SMARTS) is 1. The van der Waals surface area contributed by atoms with Gasteiger partial charge in [0.05, 0.1) is 34.8 Å². The molecule has 2 aliphatic heterocycles. The van der Waals surface area contributed by atoms with Crippen LogP contribution in [0.1, 0.15) is 12.8 Å². The smallest absolute Gasteiger partial charge is 0.310 e. The third-order valence-electron chi connectivity index (χ3n) is 3.99. The average Bonchev–Trinajstić information content (AvgIpc) is 3.01. The fourth-order valence-corrected chi connectivity index (χ4v) is 3.29.